The van der Waals surface area contributed by atoms with E-state index in [1.807, 2.05) is 0 Å². The molecule has 158 valence electrons. The Morgan fingerprint density at radius 3 is 0.962 bits per heavy atom. The van der Waals surface area contributed by atoms with Crippen LogP contribution in [0.2, 0.25) is 4.44 Å². The third-order valence-corrected chi connectivity index (χ3v) is 13.1. The first kappa shape index (κ1) is 26.3. The molecule has 3 nitrogen and oxygen atoms in total. The van der Waals surface area contributed by atoms with E-state index in [0.29, 0.717) is 0 Å². The zero-order valence-corrected chi connectivity index (χ0v) is 19.6. The summed E-state index contributed by atoms with van der Waals surface area (Å²) in [7, 11) is 0. The number of rotatable bonds is 5. The molecule has 0 aromatic heterocycles. The Morgan fingerprint density at radius 1 is 0.577 bits per heavy atom. The van der Waals surface area contributed by atoms with Crippen LogP contribution in [0, 0.1) is 5.92 Å². The van der Waals surface area contributed by atoms with Crippen LogP contribution in [0.1, 0.15) is 62.3 Å². The zero-order valence-electron chi connectivity index (χ0n) is 16.8. The van der Waals surface area contributed by atoms with Gasteiger partial charge in [0.2, 0.25) is 0 Å². The van der Waals surface area contributed by atoms with Gasteiger partial charge < -0.3 is 0 Å². The van der Waals surface area contributed by atoms with Crippen LogP contribution in [0.15, 0.2) is 0 Å². The first-order valence-corrected chi connectivity index (χ1v) is 13.7. The van der Waals surface area contributed by atoms with E-state index < -0.39 is 59.1 Å². The van der Waals surface area contributed by atoms with E-state index in [1.54, 1.807) is 62.3 Å². The van der Waals surface area contributed by atoms with Crippen LogP contribution in [0.3, 0.4) is 0 Å². The first-order valence-electron chi connectivity index (χ1n) is 8.20. The summed E-state index contributed by atoms with van der Waals surface area (Å²) in [5.74, 6) is -3.57. The fourth-order valence-corrected chi connectivity index (χ4v) is 14.1. The molecule has 0 rings (SSSR count). The van der Waals surface area contributed by atoms with Crippen molar-refractivity contribution < 1.29 is 35.6 Å². The molecule has 26 heavy (non-hydrogen) atoms. The molecule has 0 heterocycles. The summed E-state index contributed by atoms with van der Waals surface area (Å²) in [6.07, 6.45) is -11.0. The summed E-state index contributed by atoms with van der Waals surface area (Å²) in [5, 5.41) is 0. The van der Waals surface area contributed by atoms with Crippen molar-refractivity contribution in [1.82, 2.24) is 0 Å². The number of halogens is 6. The van der Waals surface area contributed by atoms with Crippen molar-refractivity contribution in [3.8, 4) is 0 Å². The van der Waals surface area contributed by atoms with Crippen LogP contribution < -0.4 is 0 Å². The Hall–Kier alpha value is 0.259. The molecular weight excluding hydrogens is 473 g/mol. The molecule has 0 bridgehead atoms. The summed E-state index contributed by atoms with van der Waals surface area (Å²) in [6.45, 7) is 13.9. The van der Waals surface area contributed by atoms with Crippen molar-refractivity contribution in [3.05, 3.63) is 0 Å². The Labute approximate surface area is 157 Å². The Kier molecular flexibility index (Phi) is 8.02. The topological polar surface area (TPSA) is 27.7 Å². The van der Waals surface area contributed by atoms with Crippen molar-refractivity contribution in [3.63, 3.8) is 0 Å². The molecule has 0 saturated carbocycles. The molecular formula is C16H30F6O3Sn. The molecule has 0 unspecified atom stereocenters. The van der Waals surface area contributed by atoms with Crippen molar-refractivity contribution in [1.29, 1.82) is 0 Å². The van der Waals surface area contributed by atoms with Crippen LogP contribution in [0.25, 0.3) is 0 Å². The second-order valence-corrected chi connectivity index (χ2v) is 16.0. The monoisotopic (exact) mass is 504 g/mol. The van der Waals surface area contributed by atoms with Gasteiger partial charge in [0.05, 0.1) is 0 Å². The van der Waals surface area contributed by atoms with E-state index in [0.717, 1.165) is 0 Å². The SMILES string of the molecule is CC(C)(C)[O][Sn]([CH2]C(C(F)(F)F)C(F)(F)F)([O]C(C)(C)C)[O]C(C)(C)C. The molecule has 0 aromatic carbocycles. The van der Waals surface area contributed by atoms with E-state index >= 15 is 0 Å². The molecule has 0 aromatic rings. The van der Waals surface area contributed by atoms with Crippen LogP contribution in [0.4, 0.5) is 26.3 Å². The van der Waals surface area contributed by atoms with Crippen LogP contribution in [0.5, 0.6) is 0 Å². The van der Waals surface area contributed by atoms with E-state index in [2.05, 4.69) is 0 Å². The summed E-state index contributed by atoms with van der Waals surface area (Å²) in [6, 6.07) is 0. The average molecular weight is 503 g/mol. The predicted molar refractivity (Wildman–Crippen MR) is 88.7 cm³/mol. The van der Waals surface area contributed by atoms with Crippen LogP contribution in [-0.2, 0) is 9.22 Å². The van der Waals surface area contributed by atoms with Gasteiger partial charge in [-0.05, 0) is 0 Å². The molecule has 0 saturated heterocycles. The third-order valence-electron chi connectivity index (χ3n) is 2.63. The van der Waals surface area contributed by atoms with Crippen LogP contribution in [-0.4, -0.2) is 48.8 Å². The van der Waals surface area contributed by atoms with Crippen LogP contribution >= 0.6 is 0 Å². The van der Waals surface area contributed by atoms with Gasteiger partial charge >= 0.3 is 157 Å². The van der Waals surface area contributed by atoms with Gasteiger partial charge in [-0.15, -0.1) is 0 Å². The Balaban J connectivity index is 6.29. The maximum absolute atomic E-state index is 13.2. The number of hydrogen-bond acceptors (Lipinski definition) is 3. The fraction of sp³-hybridized carbons (Fsp3) is 1.00. The average Bonchev–Trinajstić information content (AvgIpc) is 2.14. The third kappa shape index (κ3) is 10.6. The molecule has 0 aliphatic heterocycles. The van der Waals surface area contributed by atoms with E-state index in [1.165, 1.54) is 0 Å². The predicted octanol–water partition coefficient (Wildman–Crippen LogP) is 6.11. The molecule has 0 aliphatic carbocycles. The zero-order chi connectivity index (χ0) is 21.4. The van der Waals surface area contributed by atoms with Gasteiger partial charge in [0.15, 0.2) is 0 Å². The normalized spacial score (nSPS) is 15.7. The summed E-state index contributed by atoms with van der Waals surface area (Å²) in [5.41, 5.74) is -3.10. The van der Waals surface area contributed by atoms with Gasteiger partial charge in [0.25, 0.3) is 0 Å². The molecule has 0 atom stereocenters. The maximum atomic E-state index is 13.2. The minimum atomic E-state index is -5.48. The van der Waals surface area contributed by atoms with Crippen molar-refractivity contribution in [2.24, 2.45) is 5.92 Å². The minimum absolute atomic E-state index is 1.03. The molecule has 0 spiro atoms. The summed E-state index contributed by atoms with van der Waals surface area (Å²) in [4.78, 5) is 0. The van der Waals surface area contributed by atoms with E-state index in [4.69, 9.17) is 9.22 Å². The van der Waals surface area contributed by atoms with Crippen molar-refractivity contribution in [2.75, 3.05) is 0 Å². The molecule has 0 radical (unpaired) electrons. The van der Waals surface area contributed by atoms with Gasteiger partial charge in [-0.2, -0.15) is 0 Å². The Morgan fingerprint density at radius 2 is 0.808 bits per heavy atom. The molecule has 10 heteroatoms. The Bertz CT molecular complexity index is 400. The van der Waals surface area contributed by atoms with Gasteiger partial charge in [-0.1, -0.05) is 0 Å². The second-order valence-electron chi connectivity index (χ2n) is 9.17. The number of hydrogen-bond donors (Lipinski definition) is 0. The van der Waals surface area contributed by atoms with Crippen molar-refractivity contribution >= 4 is 19.6 Å². The first-order chi connectivity index (χ1) is 11.0. The quantitative estimate of drug-likeness (QED) is 0.335. The second kappa shape index (κ2) is 7.94. The molecule has 0 aliphatic rings. The molecule has 0 fully saturated rings. The standard InChI is InChI=1S/C4H3F6.3C4H9O.Sn/c1-2(3(5,6)7)4(8,9)10;3*1-4(2,3)5;/h2H,1H2;3*1-3H3;/q;3*-1;+3. The summed E-state index contributed by atoms with van der Waals surface area (Å²) >= 11 is -5.38. The van der Waals surface area contributed by atoms with E-state index in [-0.39, 0.29) is 0 Å². The van der Waals surface area contributed by atoms with Gasteiger partial charge in [-0.3, -0.25) is 0 Å². The van der Waals surface area contributed by atoms with E-state index in [9.17, 15) is 26.3 Å². The molecule has 0 N–H and O–H groups in total. The van der Waals surface area contributed by atoms with Gasteiger partial charge in [0.1, 0.15) is 0 Å². The van der Waals surface area contributed by atoms with Gasteiger partial charge in [0, 0.05) is 0 Å². The van der Waals surface area contributed by atoms with Crippen molar-refractivity contribution in [2.45, 2.75) is 95.9 Å². The fourth-order valence-electron chi connectivity index (χ4n) is 2.25. The number of alkyl halides is 6. The summed E-state index contributed by atoms with van der Waals surface area (Å²) < 4.78 is 95.1. The molecule has 0 amide bonds. The van der Waals surface area contributed by atoms with Gasteiger partial charge in [-0.25, -0.2) is 0 Å².